The first-order valence-electron chi connectivity index (χ1n) is 7.85. The van der Waals surface area contributed by atoms with Crippen LogP contribution in [0.5, 0.6) is 0 Å². The summed E-state index contributed by atoms with van der Waals surface area (Å²) in [5.74, 6) is 1.06. The maximum atomic E-state index is 2.32. The molecule has 18 heavy (non-hydrogen) atoms. The van der Waals surface area contributed by atoms with Gasteiger partial charge in [-0.25, -0.2) is 0 Å². The van der Waals surface area contributed by atoms with Gasteiger partial charge in [-0.1, -0.05) is 19.3 Å². The van der Waals surface area contributed by atoms with Crippen molar-refractivity contribution in [2.75, 3.05) is 20.6 Å². The van der Waals surface area contributed by atoms with Crippen LogP contribution in [0.1, 0.15) is 70.6 Å². The Hall–Kier alpha value is 0.250. The van der Waals surface area contributed by atoms with Crippen molar-refractivity contribution in [2.45, 2.75) is 70.6 Å². The van der Waals surface area contributed by atoms with Gasteiger partial charge >= 0.3 is 0 Å². The normalized spacial score (nSPS) is 24.2. The predicted octanol–water partition coefficient (Wildman–Crippen LogP) is 4.89. The van der Waals surface area contributed by atoms with Crippen LogP contribution >= 0.6 is 12.4 Å². The fourth-order valence-electron chi connectivity index (χ4n) is 4.08. The smallest absolute Gasteiger partial charge is 0.00247 e. The van der Waals surface area contributed by atoms with Crippen molar-refractivity contribution in [3.63, 3.8) is 0 Å². The second-order valence-corrected chi connectivity index (χ2v) is 6.95. The lowest BCUT2D eigenvalue weighted by Crippen LogP contribution is -2.30. The molecule has 0 N–H and O–H groups in total. The van der Waals surface area contributed by atoms with Crippen LogP contribution in [-0.4, -0.2) is 25.5 Å². The Bertz CT molecular complexity index is 211. The summed E-state index contributed by atoms with van der Waals surface area (Å²) in [6, 6.07) is 0. The molecule has 2 fully saturated rings. The first kappa shape index (κ1) is 16.3. The molecule has 0 aromatic rings. The highest BCUT2D eigenvalue weighted by Gasteiger charge is 2.35. The maximum Gasteiger partial charge on any atom is -0.00247 e. The Morgan fingerprint density at radius 2 is 1.56 bits per heavy atom. The van der Waals surface area contributed by atoms with E-state index in [1.807, 2.05) is 0 Å². The van der Waals surface area contributed by atoms with Crippen LogP contribution in [0.25, 0.3) is 0 Å². The molecule has 2 aliphatic rings. The third kappa shape index (κ3) is 4.74. The minimum atomic E-state index is 0. The number of hydrogen-bond donors (Lipinski definition) is 0. The summed E-state index contributed by atoms with van der Waals surface area (Å²) in [5.41, 5.74) is 0.816. The van der Waals surface area contributed by atoms with Gasteiger partial charge in [-0.3, -0.25) is 0 Å². The molecule has 2 saturated carbocycles. The molecule has 0 radical (unpaired) electrons. The summed E-state index contributed by atoms with van der Waals surface area (Å²) in [6.45, 7) is 1.28. The first-order chi connectivity index (χ1) is 8.20. The van der Waals surface area contributed by atoms with Gasteiger partial charge in [0.2, 0.25) is 0 Å². The zero-order valence-corrected chi connectivity index (χ0v) is 13.2. The van der Waals surface area contributed by atoms with Crippen LogP contribution < -0.4 is 0 Å². The van der Waals surface area contributed by atoms with Gasteiger partial charge in [0.25, 0.3) is 0 Å². The van der Waals surface area contributed by atoms with Gasteiger partial charge in [-0.15, -0.1) is 12.4 Å². The van der Waals surface area contributed by atoms with Gasteiger partial charge in [0.1, 0.15) is 0 Å². The van der Waals surface area contributed by atoms with Crippen LogP contribution in [0, 0.1) is 11.3 Å². The second-order valence-electron chi connectivity index (χ2n) is 6.95. The highest BCUT2D eigenvalue weighted by molar-refractivity contribution is 5.85. The van der Waals surface area contributed by atoms with E-state index in [-0.39, 0.29) is 12.4 Å². The maximum absolute atomic E-state index is 2.32. The van der Waals surface area contributed by atoms with Crippen molar-refractivity contribution in [1.82, 2.24) is 4.90 Å². The molecular formula is C16H32ClN. The molecule has 0 atom stereocenters. The molecule has 0 unspecified atom stereocenters. The summed E-state index contributed by atoms with van der Waals surface area (Å²) in [4.78, 5) is 2.32. The molecule has 0 bridgehead atoms. The van der Waals surface area contributed by atoms with Gasteiger partial charge in [0.05, 0.1) is 0 Å². The van der Waals surface area contributed by atoms with Gasteiger partial charge in [0, 0.05) is 0 Å². The fraction of sp³-hybridized carbons (Fsp3) is 1.00. The standard InChI is InChI=1S/C16H31N.ClH/c1-17(2)14-6-7-15-8-12-16(13-9-15)10-4-3-5-11-16;/h15H,3-14H2,1-2H3;1H. The molecule has 1 nitrogen and oxygen atoms in total. The topological polar surface area (TPSA) is 3.24 Å². The molecule has 0 aliphatic heterocycles. The average Bonchev–Trinajstić information content (AvgIpc) is 2.33. The van der Waals surface area contributed by atoms with E-state index in [4.69, 9.17) is 0 Å². The van der Waals surface area contributed by atoms with E-state index in [2.05, 4.69) is 19.0 Å². The second kappa shape index (κ2) is 7.75. The van der Waals surface area contributed by atoms with E-state index in [1.54, 1.807) is 25.7 Å². The van der Waals surface area contributed by atoms with Crippen molar-refractivity contribution in [3.05, 3.63) is 0 Å². The monoisotopic (exact) mass is 273 g/mol. The van der Waals surface area contributed by atoms with Crippen molar-refractivity contribution >= 4 is 12.4 Å². The summed E-state index contributed by atoms with van der Waals surface area (Å²) < 4.78 is 0. The van der Waals surface area contributed by atoms with Crippen LogP contribution in [0.3, 0.4) is 0 Å². The third-order valence-corrected chi connectivity index (χ3v) is 5.30. The Labute approximate surface area is 120 Å². The zero-order valence-electron chi connectivity index (χ0n) is 12.4. The summed E-state index contributed by atoms with van der Waals surface area (Å²) in [5, 5.41) is 0. The molecule has 0 aromatic heterocycles. The van der Waals surface area contributed by atoms with Gasteiger partial charge in [-0.2, -0.15) is 0 Å². The molecule has 1 spiro atoms. The molecule has 2 aliphatic carbocycles. The van der Waals surface area contributed by atoms with Crippen molar-refractivity contribution in [2.24, 2.45) is 11.3 Å². The number of nitrogens with zero attached hydrogens (tertiary/aromatic N) is 1. The minimum absolute atomic E-state index is 0. The first-order valence-corrected chi connectivity index (χ1v) is 7.85. The van der Waals surface area contributed by atoms with Crippen LogP contribution in [-0.2, 0) is 0 Å². The van der Waals surface area contributed by atoms with Crippen LogP contribution in [0.4, 0.5) is 0 Å². The van der Waals surface area contributed by atoms with Crippen molar-refractivity contribution in [1.29, 1.82) is 0 Å². The highest BCUT2D eigenvalue weighted by atomic mass is 35.5. The van der Waals surface area contributed by atoms with E-state index in [1.165, 1.54) is 51.5 Å². The number of rotatable bonds is 4. The minimum Gasteiger partial charge on any atom is -0.309 e. The molecule has 0 aromatic carbocycles. The highest BCUT2D eigenvalue weighted by Crippen LogP contribution is 2.49. The Balaban J connectivity index is 0.00000162. The van der Waals surface area contributed by atoms with Crippen LogP contribution in [0.15, 0.2) is 0 Å². The molecular weight excluding hydrogens is 242 g/mol. The number of halogens is 1. The molecule has 0 saturated heterocycles. The zero-order chi connectivity index (χ0) is 12.1. The molecule has 0 amide bonds. The Morgan fingerprint density at radius 1 is 0.944 bits per heavy atom. The SMILES string of the molecule is CN(C)CCCC1CCC2(CCCCC2)CC1.Cl. The lowest BCUT2D eigenvalue weighted by Gasteiger charge is -2.43. The Kier molecular flexibility index (Phi) is 7.02. The summed E-state index contributed by atoms with van der Waals surface area (Å²) in [7, 11) is 4.38. The molecule has 2 heteroatoms. The quantitative estimate of drug-likeness (QED) is 0.705. The molecule has 2 rings (SSSR count). The largest absolute Gasteiger partial charge is 0.309 e. The molecule has 108 valence electrons. The van der Waals surface area contributed by atoms with E-state index >= 15 is 0 Å². The fourth-order valence-corrected chi connectivity index (χ4v) is 4.08. The lowest BCUT2D eigenvalue weighted by atomic mass is 9.63. The van der Waals surface area contributed by atoms with Crippen molar-refractivity contribution in [3.8, 4) is 0 Å². The summed E-state index contributed by atoms with van der Waals surface area (Å²) >= 11 is 0. The lowest BCUT2D eigenvalue weighted by molar-refractivity contribution is 0.0931. The third-order valence-electron chi connectivity index (χ3n) is 5.30. The van der Waals surface area contributed by atoms with Crippen LogP contribution in [0.2, 0.25) is 0 Å². The summed E-state index contributed by atoms with van der Waals surface area (Å²) in [6.07, 6.45) is 16.7. The van der Waals surface area contributed by atoms with Gasteiger partial charge in [-0.05, 0) is 83.3 Å². The van der Waals surface area contributed by atoms with E-state index < -0.39 is 0 Å². The predicted molar refractivity (Wildman–Crippen MR) is 82.5 cm³/mol. The van der Waals surface area contributed by atoms with Crippen molar-refractivity contribution < 1.29 is 0 Å². The van der Waals surface area contributed by atoms with Gasteiger partial charge < -0.3 is 4.90 Å². The number of hydrogen-bond acceptors (Lipinski definition) is 1. The Morgan fingerprint density at radius 3 is 2.11 bits per heavy atom. The van der Waals surface area contributed by atoms with E-state index in [0.717, 1.165) is 11.3 Å². The van der Waals surface area contributed by atoms with Gasteiger partial charge in [0.15, 0.2) is 0 Å². The van der Waals surface area contributed by atoms with E-state index in [0.29, 0.717) is 0 Å². The average molecular weight is 274 g/mol. The molecule has 0 heterocycles. The van der Waals surface area contributed by atoms with E-state index in [9.17, 15) is 0 Å².